The summed E-state index contributed by atoms with van der Waals surface area (Å²) in [5, 5.41) is 2.92. The van der Waals surface area contributed by atoms with Gasteiger partial charge in [-0.1, -0.05) is 6.07 Å². The maximum atomic E-state index is 12.0. The summed E-state index contributed by atoms with van der Waals surface area (Å²) in [6.45, 7) is 0.600. The number of halogens is 2. The lowest BCUT2D eigenvalue weighted by Gasteiger charge is -2.07. The predicted octanol–water partition coefficient (Wildman–Crippen LogP) is 3.42. The number of nitrogens with one attached hydrogen (secondary N) is 1. The molecule has 0 radical (unpaired) electrons. The van der Waals surface area contributed by atoms with Crippen LogP contribution in [0.5, 0.6) is 0 Å². The van der Waals surface area contributed by atoms with Gasteiger partial charge in [-0.05, 0) is 74.8 Å². The van der Waals surface area contributed by atoms with Crippen molar-refractivity contribution in [2.24, 2.45) is 0 Å². The summed E-state index contributed by atoms with van der Waals surface area (Å²) in [6, 6.07) is 9.60. The van der Waals surface area contributed by atoms with Gasteiger partial charge < -0.3 is 5.32 Å². The van der Waals surface area contributed by atoms with Crippen molar-refractivity contribution in [3.05, 3.63) is 61.9 Å². The summed E-state index contributed by atoms with van der Waals surface area (Å²) in [4.78, 5) is 16.1. The molecule has 2 rings (SSSR count). The lowest BCUT2D eigenvalue weighted by atomic mass is 10.2. The van der Waals surface area contributed by atoms with Crippen molar-refractivity contribution in [1.29, 1.82) is 0 Å². The van der Waals surface area contributed by atoms with Crippen LogP contribution in [-0.2, 0) is 6.42 Å². The number of hydrogen-bond donors (Lipinski definition) is 1. The van der Waals surface area contributed by atoms with Crippen molar-refractivity contribution < 1.29 is 4.79 Å². The number of pyridine rings is 1. The van der Waals surface area contributed by atoms with Crippen LogP contribution in [-0.4, -0.2) is 17.4 Å². The minimum atomic E-state index is -0.0609. The topological polar surface area (TPSA) is 42.0 Å². The van der Waals surface area contributed by atoms with Gasteiger partial charge >= 0.3 is 0 Å². The molecule has 1 heterocycles. The van der Waals surface area contributed by atoms with Crippen LogP contribution in [0.15, 0.2) is 47.2 Å². The summed E-state index contributed by atoms with van der Waals surface area (Å²) in [6.07, 6.45) is 4.33. The van der Waals surface area contributed by atoms with Crippen molar-refractivity contribution in [2.45, 2.75) is 6.42 Å². The highest BCUT2D eigenvalue weighted by Crippen LogP contribution is 2.19. The molecule has 0 aliphatic carbocycles. The highest BCUT2D eigenvalue weighted by atomic mass is 127. The molecule has 0 unspecified atom stereocenters. The average molecular weight is 431 g/mol. The van der Waals surface area contributed by atoms with Crippen LogP contribution in [0.2, 0.25) is 0 Å². The molecule has 0 bridgehead atoms. The van der Waals surface area contributed by atoms with E-state index in [0.717, 1.165) is 20.0 Å². The third kappa shape index (κ3) is 4.28. The van der Waals surface area contributed by atoms with E-state index < -0.39 is 0 Å². The molecule has 0 saturated carbocycles. The van der Waals surface area contributed by atoms with Gasteiger partial charge in [-0.25, -0.2) is 0 Å². The normalized spacial score (nSPS) is 10.2. The third-order valence-electron chi connectivity index (χ3n) is 2.60. The number of aromatic nitrogens is 1. The Balaban J connectivity index is 1.93. The van der Waals surface area contributed by atoms with Crippen molar-refractivity contribution in [2.75, 3.05) is 6.54 Å². The Hall–Kier alpha value is -0.950. The molecule has 0 spiro atoms. The van der Waals surface area contributed by atoms with Crippen molar-refractivity contribution in [3.8, 4) is 0 Å². The molecule has 98 valence electrons. The second-order valence-electron chi connectivity index (χ2n) is 3.99. The standard InChI is InChI=1S/C14H12BrIN2O/c15-13-4-3-11(16)8-12(13)14(19)18-7-5-10-2-1-6-17-9-10/h1-4,6,8-9H,5,7H2,(H,18,19). The molecule has 0 atom stereocenters. The van der Waals surface area contributed by atoms with Crippen molar-refractivity contribution in [1.82, 2.24) is 10.3 Å². The molecule has 0 saturated heterocycles. The fourth-order valence-corrected chi connectivity index (χ4v) is 2.55. The number of rotatable bonds is 4. The highest BCUT2D eigenvalue weighted by molar-refractivity contribution is 14.1. The summed E-state index contributed by atoms with van der Waals surface area (Å²) >= 11 is 5.59. The lowest BCUT2D eigenvalue weighted by Crippen LogP contribution is -2.26. The SMILES string of the molecule is O=C(NCCc1cccnc1)c1cc(I)ccc1Br. The van der Waals surface area contributed by atoms with E-state index in [1.54, 1.807) is 6.20 Å². The number of hydrogen-bond acceptors (Lipinski definition) is 2. The first-order valence-electron chi connectivity index (χ1n) is 5.79. The smallest absolute Gasteiger partial charge is 0.252 e. The Morgan fingerprint density at radius 1 is 1.37 bits per heavy atom. The predicted molar refractivity (Wildman–Crippen MR) is 87.1 cm³/mol. The van der Waals surface area contributed by atoms with Crippen LogP contribution in [0, 0.1) is 3.57 Å². The molecular formula is C14H12BrIN2O. The molecule has 1 amide bonds. The van der Waals surface area contributed by atoms with Gasteiger partial charge in [0.2, 0.25) is 0 Å². The number of carbonyl (C=O) groups is 1. The average Bonchev–Trinajstić information content (AvgIpc) is 2.42. The minimum Gasteiger partial charge on any atom is -0.352 e. The summed E-state index contributed by atoms with van der Waals surface area (Å²) in [5.41, 5.74) is 1.78. The van der Waals surface area contributed by atoms with Crippen molar-refractivity contribution in [3.63, 3.8) is 0 Å². The molecule has 0 aliphatic rings. The van der Waals surface area contributed by atoms with Crippen LogP contribution in [0.3, 0.4) is 0 Å². The monoisotopic (exact) mass is 430 g/mol. The van der Waals surface area contributed by atoms with Gasteiger partial charge in [0.05, 0.1) is 5.56 Å². The Morgan fingerprint density at radius 2 is 2.21 bits per heavy atom. The van der Waals surface area contributed by atoms with Crippen LogP contribution in [0.1, 0.15) is 15.9 Å². The van der Waals surface area contributed by atoms with Gasteiger partial charge in [-0.3, -0.25) is 9.78 Å². The maximum absolute atomic E-state index is 12.0. The molecule has 5 heteroatoms. The van der Waals surface area contributed by atoms with E-state index in [0.29, 0.717) is 12.1 Å². The zero-order valence-electron chi connectivity index (χ0n) is 10.1. The number of nitrogens with zero attached hydrogens (tertiary/aromatic N) is 1. The van der Waals surface area contributed by atoms with Crippen LogP contribution >= 0.6 is 38.5 Å². The molecule has 1 aromatic carbocycles. The van der Waals surface area contributed by atoms with Gasteiger partial charge in [-0.2, -0.15) is 0 Å². The first kappa shape index (κ1) is 14.5. The Morgan fingerprint density at radius 3 is 2.95 bits per heavy atom. The third-order valence-corrected chi connectivity index (χ3v) is 3.96. The fraction of sp³-hybridized carbons (Fsp3) is 0.143. The molecule has 2 aromatic rings. The largest absolute Gasteiger partial charge is 0.352 e. The van der Waals surface area contributed by atoms with E-state index >= 15 is 0 Å². The van der Waals surface area contributed by atoms with E-state index in [1.165, 1.54) is 0 Å². The Kier molecular flexibility index (Phi) is 5.33. The Labute approximate surface area is 134 Å². The molecule has 0 aliphatic heterocycles. The van der Waals surface area contributed by atoms with E-state index in [1.807, 2.05) is 36.5 Å². The maximum Gasteiger partial charge on any atom is 0.252 e. The summed E-state index contributed by atoms with van der Waals surface area (Å²) in [7, 11) is 0. The zero-order chi connectivity index (χ0) is 13.7. The molecule has 0 fully saturated rings. The molecule has 1 aromatic heterocycles. The van der Waals surface area contributed by atoms with E-state index in [2.05, 4.69) is 48.8 Å². The van der Waals surface area contributed by atoms with E-state index in [4.69, 9.17) is 0 Å². The minimum absolute atomic E-state index is 0.0609. The number of amides is 1. The van der Waals surface area contributed by atoms with Gasteiger partial charge in [0.1, 0.15) is 0 Å². The Bertz CT molecular complexity index is 575. The second kappa shape index (κ2) is 7.00. The van der Waals surface area contributed by atoms with E-state index in [-0.39, 0.29) is 5.91 Å². The van der Waals surface area contributed by atoms with Crippen LogP contribution < -0.4 is 5.32 Å². The van der Waals surface area contributed by atoms with Crippen LogP contribution in [0.25, 0.3) is 0 Å². The van der Waals surface area contributed by atoms with Gasteiger partial charge in [0, 0.05) is 27.0 Å². The number of benzene rings is 1. The van der Waals surface area contributed by atoms with Gasteiger partial charge in [-0.15, -0.1) is 0 Å². The first-order valence-corrected chi connectivity index (χ1v) is 7.66. The van der Waals surface area contributed by atoms with Gasteiger partial charge in [0.15, 0.2) is 0 Å². The van der Waals surface area contributed by atoms with E-state index in [9.17, 15) is 4.79 Å². The lowest BCUT2D eigenvalue weighted by molar-refractivity contribution is 0.0953. The first-order chi connectivity index (χ1) is 9.16. The second-order valence-corrected chi connectivity index (χ2v) is 6.09. The van der Waals surface area contributed by atoms with Crippen LogP contribution in [0.4, 0.5) is 0 Å². The number of carbonyl (C=O) groups excluding carboxylic acids is 1. The quantitative estimate of drug-likeness (QED) is 0.755. The molecule has 3 nitrogen and oxygen atoms in total. The molecule has 19 heavy (non-hydrogen) atoms. The zero-order valence-corrected chi connectivity index (χ0v) is 13.8. The molecule has 1 N–H and O–H groups in total. The fourth-order valence-electron chi connectivity index (χ4n) is 1.63. The summed E-state index contributed by atoms with van der Waals surface area (Å²) < 4.78 is 1.85. The summed E-state index contributed by atoms with van der Waals surface area (Å²) in [5.74, 6) is -0.0609. The van der Waals surface area contributed by atoms with Gasteiger partial charge in [0.25, 0.3) is 5.91 Å². The van der Waals surface area contributed by atoms with Crippen molar-refractivity contribution >= 4 is 44.4 Å². The highest BCUT2D eigenvalue weighted by Gasteiger charge is 2.09. The molecular weight excluding hydrogens is 419 g/mol.